The average molecular weight is 277 g/mol. The number of amides is 1. The summed E-state index contributed by atoms with van der Waals surface area (Å²) < 4.78 is 0. The second-order valence-electron chi connectivity index (χ2n) is 5.19. The highest BCUT2D eigenvalue weighted by molar-refractivity contribution is 5.99. The van der Waals surface area contributed by atoms with Gasteiger partial charge in [0.2, 0.25) is 0 Å². The Balaban J connectivity index is 2.21. The van der Waals surface area contributed by atoms with Gasteiger partial charge in [-0.3, -0.25) is 9.78 Å². The molecule has 1 heterocycles. The van der Waals surface area contributed by atoms with Crippen molar-refractivity contribution in [3.63, 3.8) is 0 Å². The van der Waals surface area contributed by atoms with Crippen LogP contribution in [-0.2, 0) is 0 Å². The Kier molecular flexibility index (Phi) is 5.35. The van der Waals surface area contributed by atoms with E-state index in [9.17, 15) is 9.90 Å². The molecule has 2 N–H and O–H groups in total. The van der Waals surface area contributed by atoms with E-state index >= 15 is 0 Å². The molecule has 5 heteroatoms. The number of aromatic nitrogens is 1. The number of carbonyl (C=O) groups is 1. The molecule has 1 aliphatic carbocycles. The molecular weight excluding hydrogens is 254 g/mol. The first kappa shape index (κ1) is 14.8. The van der Waals surface area contributed by atoms with Crippen LogP contribution in [0.1, 0.15) is 42.5 Å². The maximum absolute atomic E-state index is 12.8. The third-order valence-electron chi connectivity index (χ3n) is 3.94. The van der Waals surface area contributed by atoms with Gasteiger partial charge in [-0.15, -0.1) is 0 Å². The van der Waals surface area contributed by atoms with Crippen LogP contribution in [0.5, 0.6) is 0 Å². The normalized spacial score (nSPS) is 15.9. The molecule has 0 saturated heterocycles. The summed E-state index contributed by atoms with van der Waals surface area (Å²) in [6.45, 7) is 0.400. The minimum absolute atomic E-state index is 0.00219. The van der Waals surface area contributed by atoms with Crippen LogP contribution in [0, 0.1) is 0 Å². The van der Waals surface area contributed by atoms with Gasteiger partial charge in [-0.1, -0.05) is 19.3 Å². The van der Waals surface area contributed by atoms with Crippen molar-refractivity contribution in [1.29, 1.82) is 0 Å². The lowest BCUT2D eigenvalue weighted by Gasteiger charge is -2.34. The molecule has 1 aromatic heterocycles. The number of rotatable bonds is 5. The van der Waals surface area contributed by atoms with Gasteiger partial charge in [0.25, 0.3) is 5.91 Å². The van der Waals surface area contributed by atoms with E-state index in [4.69, 9.17) is 0 Å². The van der Waals surface area contributed by atoms with Gasteiger partial charge in [0.15, 0.2) is 0 Å². The zero-order chi connectivity index (χ0) is 14.4. The summed E-state index contributed by atoms with van der Waals surface area (Å²) in [6.07, 6.45) is 8.92. The highest BCUT2D eigenvalue weighted by Crippen LogP contribution is 2.25. The number of pyridine rings is 1. The van der Waals surface area contributed by atoms with E-state index in [1.807, 2.05) is 4.90 Å². The summed E-state index contributed by atoms with van der Waals surface area (Å²) in [7, 11) is 1.78. The molecule has 0 radical (unpaired) electrons. The summed E-state index contributed by atoms with van der Waals surface area (Å²) in [5.41, 5.74) is 1.36. The molecule has 1 aliphatic rings. The molecule has 1 aromatic rings. The minimum atomic E-state index is -0.0160. The van der Waals surface area contributed by atoms with Gasteiger partial charge in [0.05, 0.1) is 24.1 Å². The van der Waals surface area contributed by atoms with Crippen molar-refractivity contribution in [3.05, 3.63) is 24.0 Å². The lowest BCUT2D eigenvalue weighted by Crippen LogP contribution is -2.43. The quantitative estimate of drug-likeness (QED) is 0.862. The van der Waals surface area contributed by atoms with Crippen LogP contribution in [0.25, 0.3) is 0 Å². The highest BCUT2D eigenvalue weighted by atomic mass is 16.3. The van der Waals surface area contributed by atoms with Crippen LogP contribution in [0.4, 0.5) is 5.69 Å². The van der Waals surface area contributed by atoms with Crippen LogP contribution in [0.2, 0.25) is 0 Å². The molecular formula is C15H23N3O2. The number of hydrogen-bond acceptors (Lipinski definition) is 4. The smallest absolute Gasteiger partial charge is 0.256 e. The predicted octanol–water partition coefficient (Wildman–Crippen LogP) is 1.89. The fourth-order valence-electron chi connectivity index (χ4n) is 2.89. The third-order valence-corrected chi connectivity index (χ3v) is 3.94. The molecule has 0 bridgehead atoms. The summed E-state index contributed by atoms with van der Waals surface area (Å²) in [6, 6.07) is 1.99. The molecule has 2 rings (SSSR count). The Morgan fingerprint density at radius 3 is 2.85 bits per heavy atom. The molecule has 0 spiro atoms. The summed E-state index contributed by atoms with van der Waals surface area (Å²) in [5, 5.41) is 12.3. The molecule has 0 atom stereocenters. The van der Waals surface area contributed by atoms with Gasteiger partial charge < -0.3 is 15.3 Å². The molecule has 1 amide bonds. The minimum Gasteiger partial charge on any atom is -0.395 e. The van der Waals surface area contributed by atoms with Crippen LogP contribution >= 0.6 is 0 Å². The van der Waals surface area contributed by atoms with Gasteiger partial charge in [-0.25, -0.2) is 0 Å². The van der Waals surface area contributed by atoms with E-state index in [1.165, 1.54) is 6.42 Å². The fraction of sp³-hybridized carbons (Fsp3) is 0.600. The Labute approximate surface area is 120 Å². The molecule has 0 unspecified atom stereocenters. The van der Waals surface area contributed by atoms with Crippen molar-refractivity contribution >= 4 is 11.6 Å². The Bertz CT molecular complexity index is 444. The zero-order valence-corrected chi connectivity index (χ0v) is 12.0. The molecule has 5 nitrogen and oxygen atoms in total. The summed E-state index contributed by atoms with van der Waals surface area (Å²) in [4.78, 5) is 18.6. The van der Waals surface area contributed by atoms with Crippen LogP contribution in [0.3, 0.4) is 0 Å². The van der Waals surface area contributed by atoms with Crippen molar-refractivity contribution in [2.24, 2.45) is 0 Å². The third kappa shape index (κ3) is 3.28. The standard InChI is InChI=1S/C15H23N3O2/c1-16-14-11-17-8-7-13(14)15(20)18(9-10-19)12-5-3-2-4-6-12/h7-8,11-12,16,19H,2-6,9-10H2,1H3. The first-order valence-corrected chi connectivity index (χ1v) is 7.31. The van der Waals surface area contributed by atoms with Crippen molar-refractivity contribution in [1.82, 2.24) is 9.88 Å². The highest BCUT2D eigenvalue weighted by Gasteiger charge is 2.27. The lowest BCUT2D eigenvalue weighted by molar-refractivity contribution is 0.0586. The average Bonchev–Trinajstić information content (AvgIpc) is 2.52. The predicted molar refractivity (Wildman–Crippen MR) is 78.8 cm³/mol. The van der Waals surface area contributed by atoms with Crippen LogP contribution in [-0.4, -0.2) is 47.1 Å². The summed E-state index contributed by atoms with van der Waals surface area (Å²) >= 11 is 0. The van der Waals surface area contributed by atoms with E-state index in [0.29, 0.717) is 12.1 Å². The maximum Gasteiger partial charge on any atom is 0.256 e. The van der Waals surface area contributed by atoms with Crippen molar-refractivity contribution in [3.8, 4) is 0 Å². The number of nitrogens with one attached hydrogen (secondary N) is 1. The monoisotopic (exact) mass is 277 g/mol. The SMILES string of the molecule is CNc1cnccc1C(=O)N(CCO)C1CCCCC1. The fourth-order valence-corrected chi connectivity index (χ4v) is 2.89. The lowest BCUT2D eigenvalue weighted by atomic mass is 9.93. The first-order chi connectivity index (χ1) is 9.77. The van der Waals surface area contributed by atoms with Gasteiger partial charge in [0.1, 0.15) is 0 Å². The first-order valence-electron chi connectivity index (χ1n) is 7.31. The Morgan fingerprint density at radius 2 is 2.20 bits per heavy atom. The number of hydrogen-bond donors (Lipinski definition) is 2. The Hall–Kier alpha value is -1.62. The van der Waals surface area contributed by atoms with E-state index in [0.717, 1.165) is 31.4 Å². The van der Waals surface area contributed by atoms with Gasteiger partial charge in [-0.05, 0) is 18.9 Å². The molecule has 110 valence electrons. The van der Waals surface area contributed by atoms with Crippen molar-refractivity contribution in [2.75, 3.05) is 25.5 Å². The molecule has 0 aliphatic heterocycles. The molecule has 1 fully saturated rings. The largest absolute Gasteiger partial charge is 0.395 e. The van der Waals surface area contributed by atoms with Gasteiger partial charge >= 0.3 is 0 Å². The van der Waals surface area contributed by atoms with E-state index in [-0.39, 0.29) is 18.6 Å². The molecule has 1 saturated carbocycles. The summed E-state index contributed by atoms with van der Waals surface area (Å²) in [5.74, 6) is -0.0160. The second kappa shape index (κ2) is 7.24. The van der Waals surface area contributed by atoms with Gasteiger partial charge in [0, 0.05) is 25.8 Å². The van der Waals surface area contributed by atoms with Crippen molar-refractivity contribution in [2.45, 2.75) is 38.1 Å². The molecule has 0 aromatic carbocycles. The number of anilines is 1. The van der Waals surface area contributed by atoms with Crippen LogP contribution in [0.15, 0.2) is 18.5 Å². The number of nitrogens with zero attached hydrogens (tertiary/aromatic N) is 2. The zero-order valence-electron chi connectivity index (χ0n) is 12.0. The van der Waals surface area contributed by atoms with Crippen LogP contribution < -0.4 is 5.32 Å². The van der Waals surface area contributed by atoms with E-state index in [1.54, 1.807) is 25.5 Å². The second-order valence-corrected chi connectivity index (χ2v) is 5.19. The van der Waals surface area contributed by atoms with Crippen molar-refractivity contribution < 1.29 is 9.90 Å². The topological polar surface area (TPSA) is 65.5 Å². The number of aliphatic hydroxyl groups excluding tert-OH is 1. The van der Waals surface area contributed by atoms with Gasteiger partial charge in [-0.2, -0.15) is 0 Å². The number of aliphatic hydroxyl groups is 1. The maximum atomic E-state index is 12.8. The Morgan fingerprint density at radius 1 is 1.45 bits per heavy atom. The van der Waals surface area contributed by atoms with E-state index < -0.39 is 0 Å². The van der Waals surface area contributed by atoms with E-state index in [2.05, 4.69) is 10.3 Å². The molecule has 20 heavy (non-hydrogen) atoms. The number of carbonyl (C=O) groups excluding carboxylic acids is 1.